The molecule has 1 rings (SSSR count). The minimum atomic E-state index is 0.507. The summed E-state index contributed by atoms with van der Waals surface area (Å²) in [6.07, 6.45) is 2.45. The molecule has 0 unspecified atom stereocenters. The molecule has 0 saturated heterocycles. The molecule has 62 valence electrons. The van der Waals surface area contributed by atoms with Gasteiger partial charge in [0.1, 0.15) is 5.82 Å². The lowest BCUT2D eigenvalue weighted by atomic mass is 10.2. The van der Waals surface area contributed by atoms with Gasteiger partial charge in [-0.3, -0.25) is 0 Å². The van der Waals surface area contributed by atoms with E-state index < -0.39 is 0 Å². The summed E-state index contributed by atoms with van der Waals surface area (Å²) < 4.78 is 0. The molecule has 3 heteroatoms. The summed E-state index contributed by atoms with van der Waals surface area (Å²) in [6.45, 7) is 0. The molecule has 0 spiro atoms. The smallest absolute Gasteiger partial charge is 0.124 e. The Morgan fingerprint density at radius 3 is 3.08 bits per heavy atom. The zero-order valence-corrected chi connectivity index (χ0v) is 7.51. The van der Waals surface area contributed by atoms with Crippen molar-refractivity contribution in [3.05, 3.63) is 23.9 Å². The van der Waals surface area contributed by atoms with Gasteiger partial charge >= 0.3 is 0 Å². The number of hydrogen-bond donors (Lipinski definition) is 2. The van der Waals surface area contributed by atoms with Crippen LogP contribution in [0.4, 0.5) is 5.82 Å². The fourth-order valence-corrected chi connectivity index (χ4v) is 0.858. The Morgan fingerprint density at radius 2 is 2.42 bits per heavy atom. The van der Waals surface area contributed by atoms with Crippen molar-refractivity contribution in [1.82, 2.24) is 4.98 Å². The van der Waals surface area contributed by atoms with Crippen molar-refractivity contribution in [2.45, 2.75) is 6.42 Å². The van der Waals surface area contributed by atoms with Gasteiger partial charge in [-0.1, -0.05) is 11.8 Å². The fourth-order valence-electron chi connectivity index (χ4n) is 0.747. The molecule has 0 radical (unpaired) electrons. The van der Waals surface area contributed by atoms with Gasteiger partial charge in [-0.25, -0.2) is 4.98 Å². The molecule has 1 aromatic heterocycles. The van der Waals surface area contributed by atoms with Crippen LogP contribution in [0.15, 0.2) is 18.3 Å². The quantitative estimate of drug-likeness (QED) is 0.503. The van der Waals surface area contributed by atoms with Gasteiger partial charge in [0.05, 0.1) is 0 Å². The van der Waals surface area contributed by atoms with Crippen molar-refractivity contribution in [2.24, 2.45) is 0 Å². The number of thiol groups is 1. The first-order valence-corrected chi connectivity index (χ1v) is 4.27. The van der Waals surface area contributed by atoms with Crippen LogP contribution in [0.1, 0.15) is 12.0 Å². The molecule has 0 saturated carbocycles. The first-order chi connectivity index (χ1) is 5.83. The maximum Gasteiger partial charge on any atom is 0.124 e. The van der Waals surface area contributed by atoms with Gasteiger partial charge in [0, 0.05) is 23.9 Å². The molecule has 0 aromatic carbocycles. The predicted octanol–water partition coefficient (Wildman–Crippen LogP) is 1.34. The second kappa shape index (κ2) is 4.68. The van der Waals surface area contributed by atoms with Crippen LogP contribution in [0.3, 0.4) is 0 Å². The van der Waals surface area contributed by atoms with Gasteiger partial charge in [0.25, 0.3) is 0 Å². The van der Waals surface area contributed by atoms with Crippen molar-refractivity contribution >= 4 is 18.4 Å². The average Bonchev–Trinajstić information content (AvgIpc) is 2.05. The van der Waals surface area contributed by atoms with Crippen molar-refractivity contribution in [2.75, 3.05) is 11.5 Å². The summed E-state index contributed by atoms with van der Waals surface area (Å²) >= 11 is 4.05. The van der Waals surface area contributed by atoms with Crippen LogP contribution < -0.4 is 5.73 Å². The molecular formula is C9H10N2S. The van der Waals surface area contributed by atoms with Crippen molar-refractivity contribution in [1.29, 1.82) is 0 Å². The van der Waals surface area contributed by atoms with Crippen LogP contribution in [0, 0.1) is 11.8 Å². The Morgan fingerprint density at radius 1 is 1.58 bits per heavy atom. The first-order valence-electron chi connectivity index (χ1n) is 3.64. The molecular weight excluding hydrogens is 168 g/mol. The molecule has 0 atom stereocenters. The van der Waals surface area contributed by atoms with E-state index in [4.69, 9.17) is 5.73 Å². The summed E-state index contributed by atoms with van der Waals surface area (Å²) in [5, 5.41) is 0. The first kappa shape index (κ1) is 8.95. The molecule has 0 aliphatic heterocycles. The van der Waals surface area contributed by atoms with Gasteiger partial charge in [0.2, 0.25) is 0 Å². The standard InChI is InChI=1S/C9H10N2S/c10-9-7-8(4-5-11-9)3-1-2-6-12/h4-5,7,12H,2,6H2,(H2,10,11). The van der Waals surface area contributed by atoms with Gasteiger partial charge < -0.3 is 5.73 Å². The van der Waals surface area contributed by atoms with Crippen LogP contribution in [-0.2, 0) is 0 Å². The van der Waals surface area contributed by atoms with Crippen molar-refractivity contribution in [3.63, 3.8) is 0 Å². The second-order valence-electron chi connectivity index (χ2n) is 2.24. The van der Waals surface area contributed by atoms with Gasteiger partial charge in [0.15, 0.2) is 0 Å². The maximum absolute atomic E-state index is 5.47. The van der Waals surface area contributed by atoms with E-state index in [0.717, 1.165) is 17.7 Å². The lowest BCUT2D eigenvalue weighted by molar-refractivity contribution is 1.30. The number of rotatable bonds is 1. The van der Waals surface area contributed by atoms with E-state index in [1.54, 1.807) is 12.3 Å². The Hall–Kier alpha value is -1.14. The average molecular weight is 178 g/mol. The third kappa shape index (κ3) is 2.85. The highest BCUT2D eigenvalue weighted by Crippen LogP contribution is 2.00. The lowest BCUT2D eigenvalue weighted by Gasteiger charge is -1.91. The molecule has 0 bridgehead atoms. The number of nitrogens with two attached hydrogens (primary N) is 1. The molecule has 2 N–H and O–H groups in total. The van der Waals surface area contributed by atoms with E-state index in [1.165, 1.54) is 0 Å². The minimum Gasteiger partial charge on any atom is -0.384 e. The van der Waals surface area contributed by atoms with E-state index in [-0.39, 0.29) is 0 Å². The minimum absolute atomic E-state index is 0.507. The Bertz CT molecular complexity index is 312. The molecule has 0 amide bonds. The third-order valence-electron chi connectivity index (χ3n) is 1.25. The molecule has 1 heterocycles. The van der Waals surface area contributed by atoms with Gasteiger partial charge in [-0.05, 0) is 12.1 Å². The normalized spacial score (nSPS) is 8.75. The van der Waals surface area contributed by atoms with Crippen LogP contribution in [0.2, 0.25) is 0 Å². The van der Waals surface area contributed by atoms with Crippen LogP contribution in [0.25, 0.3) is 0 Å². The summed E-state index contributed by atoms with van der Waals surface area (Å²) in [4.78, 5) is 3.86. The Balaban J connectivity index is 2.71. The molecule has 0 fully saturated rings. The Kier molecular flexibility index (Phi) is 3.49. The third-order valence-corrected chi connectivity index (χ3v) is 1.47. The highest BCUT2D eigenvalue weighted by atomic mass is 32.1. The summed E-state index contributed by atoms with van der Waals surface area (Å²) in [7, 11) is 0. The zero-order chi connectivity index (χ0) is 8.81. The maximum atomic E-state index is 5.47. The van der Waals surface area contributed by atoms with Gasteiger partial charge in [-0.2, -0.15) is 12.6 Å². The molecule has 12 heavy (non-hydrogen) atoms. The van der Waals surface area contributed by atoms with E-state index >= 15 is 0 Å². The molecule has 2 nitrogen and oxygen atoms in total. The number of hydrogen-bond acceptors (Lipinski definition) is 3. The second-order valence-corrected chi connectivity index (χ2v) is 2.69. The monoisotopic (exact) mass is 178 g/mol. The van der Waals surface area contributed by atoms with E-state index in [0.29, 0.717) is 5.82 Å². The van der Waals surface area contributed by atoms with Crippen LogP contribution in [0.5, 0.6) is 0 Å². The Labute approximate surface area is 77.6 Å². The molecule has 0 aliphatic carbocycles. The zero-order valence-electron chi connectivity index (χ0n) is 6.62. The van der Waals surface area contributed by atoms with Crippen molar-refractivity contribution in [3.8, 4) is 11.8 Å². The van der Waals surface area contributed by atoms with E-state index in [2.05, 4.69) is 29.5 Å². The van der Waals surface area contributed by atoms with Gasteiger partial charge in [-0.15, -0.1) is 0 Å². The predicted molar refractivity (Wildman–Crippen MR) is 54.0 cm³/mol. The number of aromatic nitrogens is 1. The number of pyridine rings is 1. The molecule has 0 aliphatic rings. The lowest BCUT2D eigenvalue weighted by Crippen LogP contribution is -1.88. The van der Waals surface area contributed by atoms with Crippen LogP contribution >= 0.6 is 12.6 Å². The highest BCUT2D eigenvalue weighted by Gasteiger charge is 1.87. The topological polar surface area (TPSA) is 38.9 Å². The van der Waals surface area contributed by atoms with Crippen LogP contribution in [-0.4, -0.2) is 10.7 Å². The number of nitrogens with zero attached hydrogens (tertiary/aromatic N) is 1. The number of nitrogen functional groups attached to an aromatic ring is 1. The summed E-state index contributed by atoms with van der Waals surface area (Å²) in [5.41, 5.74) is 6.38. The summed E-state index contributed by atoms with van der Waals surface area (Å²) in [6, 6.07) is 3.59. The van der Waals surface area contributed by atoms with E-state index in [9.17, 15) is 0 Å². The SMILES string of the molecule is Nc1cc(C#CCCS)ccn1. The largest absolute Gasteiger partial charge is 0.384 e. The summed E-state index contributed by atoms with van der Waals surface area (Å²) in [5.74, 6) is 7.23. The van der Waals surface area contributed by atoms with Crippen molar-refractivity contribution < 1.29 is 0 Å². The molecule has 1 aromatic rings. The fraction of sp³-hybridized carbons (Fsp3) is 0.222. The highest BCUT2D eigenvalue weighted by molar-refractivity contribution is 7.80. The van der Waals surface area contributed by atoms with E-state index in [1.807, 2.05) is 6.07 Å². The number of anilines is 1.